The fourth-order valence-electron chi connectivity index (χ4n) is 2.08. The third kappa shape index (κ3) is 2.90. The summed E-state index contributed by atoms with van der Waals surface area (Å²) in [6.07, 6.45) is 4.68. The molecule has 0 bridgehead atoms. The molecule has 4 N–H and O–H groups in total. The molecular weight excluding hydrogens is 226 g/mol. The first kappa shape index (κ1) is 13.1. The maximum absolute atomic E-state index is 5.53. The number of hydrogen-bond acceptors (Lipinski definition) is 5. The summed E-state index contributed by atoms with van der Waals surface area (Å²) in [6, 6.07) is 0.418. The molecule has 1 saturated carbocycles. The Bertz CT molecular complexity index is 414. The summed E-state index contributed by atoms with van der Waals surface area (Å²) in [6.45, 7) is 6.36. The lowest BCUT2D eigenvalue weighted by Crippen LogP contribution is -2.19. The average molecular weight is 249 g/mol. The van der Waals surface area contributed by atoms with Crippen LogP contribution in [0.25, 0.3) is 0 Å². The number of nitrogens with two attached hydrogens (primary N) is 1. The summed E-state index contributed by atoms with van der Waals surface area (Å²) in [5, 5.41) is 3.46. The first-order chi connectivity index (χ1) is 8.65. The van der Waals surface area contributed by atoms with E-state index in [0.717, 1.165) is 35.9 Å². The second kappa shape index (κ2) is 5.52. The number of hydrazine groups is 1. The van der Waals surface area contributed by atoms with E-state index in [2.05, 4.69) is 34.6 Å². The summed E-state index contributed by atoms with van der Waals surface area (Å²) in [7, 11) is 0. The minimum absolute atomic E-state index is 0.418. The summed E-state index contributed by atoms with van der Waals surface area (Å²) < 4.78 is 0. The molecule has 100 valence electrons. The number of hydrogen-bond donors (Lipinski definition) is 3. The van der Waals surface area contributed by atoms with Gasteiger partial charge in [-0.2, -0.15) is 0 Å². The number of nitrogen functional groups attached to an aromatic ring is 1. The number of nitrogens with one attached hydrogen (secondary N) is 2. The summed E-state index contributed by atoms with van der Waals surface area (Å²) in [4.78, 5) is 9.13. The molecule has 0 amide bonds. The Kier molecular flexibility index (Phi) is 4.01. The predicted molar refractivity (Wildman–Crippen MR) is 74.5 cm³/mol. The molecule has 1 aromatic heterocycles. The van der Waals surface area contributed by atoms with Gasteiger partial charge in [0.1, 0.15) is 17.5 Å². The molecule has 0 aliphatic heterocycles. The zero-order chi connectivity index (χ0) is 13.1. The maximum atomic E-state index is 5.53. The zero-order valence-corrected chi connectivity index (χ0v) is 11.5. The van der Waals surface area contributed by atoms with E-state index in [1.807, 2.05) is 6.92 Å². The molecule has 1 unspecified atom stereocenters. The van der Waals surface area contributed by atoms with Crippen LogP contribution in [0.15, 0.2) is 0 Å². The van der Waals surface area contributed by atoms with Crippen molar-refractivity contribution in [3.8, 4) is 0 Å². The first-order valence-corrected chi connectivity index (χ1v) is 6.77. The number of rotatable bonds is 6. The van der Waals surface area contributed by atoms with E-state index in [-0.39, 0.29) is 0 Å². The van der Waals surface area contributed by atoms with Crippen LogP contribution < -0.4 is 16.6 Å². The van der Waals surface area contributed by atoms with E-state index in [1.54, 1.807) is 0 Å². The van der Waals surface area contributed by atoms with Gasteiger partial charge in [0, 0.05) is 17.5 Å². The van der Waals surface area contributed by atoms with Gasteiger partial charge >= 0.3 is 0 Å². The van der Waals surface area contributed by atoms with Crippen molar-refractivity contribution in [2.45, 2.75) is 58.4 Å². The van der Waals surface area contributed by atoms with Crippen LogP contribution in [0.5, 0.6) is 0 Å². The van der Waals surface area contributed by atoms with Crippen LogP contribution in [0, 0.1) is 6.92 Å². The van der Waals surface area contributed by atoms with Crippen molar-refractivity contribution in [2.75, 3.05) is 10.7 Å². The Labute approximate surface area is 109 Å². The van der Waals surface area contributed by atoms with E-state index in [4.69, 9.17) is 5.84 Å². The van der Waals surface area contributed by atoms with Gasteiger partial charge in [0.05, 0.1) is 0 Å². The van der Waals surface area contributed by atoms with Gasteiger partial charge in [0.25, 0.3) is 0 Å². The Morgan fingerprint density at radius 3 is 2.56 bits per heavy atom. The first-order valence-electron chi connectivity index (χ1n) is 6.77. The molecule has 0 spiro atoms. The molecule has 1 heterocycles. The Morgan fingerprint density at radius 2 is 2.00 bits per heavy atom. The monoisotopic (exact) mass is 249 g/mol. The molecule has 5 nitrogen and oxygen atoms in total. The quantitative estimate of drug-likeness (QED) is 0.533. The van der Waals surface area contributed by atoms with Crippen molar-refractivity contribution in [1.82, 2.24) is 9.97 Å². The molecule has 1 fully saturated rings. The van der Waals surface area contributed by atoms with Gasteiger partial charge in [0.15, 0.2) is 0 Å². The van der Waals surface area contributed by atoms with Crippen molar-refractivity contribution >= 4 is 11.6 Å². The Balaban J connectivity index is 2.23. The SMILES string of the molecule is CCCC(C)Nc1nc(C2CC2)nc(NN)c1C. The largest absolute Gasteiger partial charge is 0.367 e. The average Bonchev–Trinajstić information content (AvgIpc) is 3.16. The van der Waals surface area contributed by atoms with Crippen molar-refractivity contribution in [3.63, 3.8) is 0 Å². The zero-order valence-electron chi connectivity index (χ0n) is 11.5. The standard InChI is InChI=1S/C13H23N5/c1-4-5-8(2)15-11-9(3)12(18-14)17-13(16-11)10-6-7-10/h8,10H,4-7,14H2,1-3H3,(H2,15,16,17,18). The minimum atomic E-state index is 0.418. The van der Waals surface area contributed by atoms with Crippen molar-refractivity contribution in [3.05, 3.63) is 11.4 Å². The minimum Gasteiger partial charge on any atom is -0.367 e. The number of anilines is 2. The van der Waals surface area contributed by atoms with Gasteiger partial charge in [0.2, 0.25) is 0 Å². The predicted octanol–water partition coefficient (Wildman–Crippen LogP) is 2.55. The van der Waals surface area contributed by atoms with Gasteiger partial charge in [-0.3, -0.25) is 0 Å². The number of nitrogens with zero attached hydrogens (tertiary/aromatic N) is 2. The highest BCUT2D eigenvalue weighted by Crippen LogP contribution is 2.39. The molecular formula is C13H23N5. The molecule has 0 aromatic carbocycles. The van der Waals surface area contributed by atoms with Gasteiger partial charge in [-0.1, -0.05) is 13.3 Å². The highest BCUT2D eigenvalue weighted by atomic mass is 15.3. The molecule has 1 atom stereocenters. The Hall–Kier alpha value is -1.36. The Morgan fingerprint density at radius 1 is 1.33 bits per heavy atom. The maximum Gasteiger partial charge on any atom is 0.148 e. The second-order valence-electron chi connectivity index (χ2n) is 5.16. The number of aromatic nitrogens is 2. The summed E-state index contributed by atoms with van der Waals surface area (Å²) >= 11 is 0. The second-order valence-corrected chi connectivity index (χ2v) is 5.16. The lowest BCUT2D eigenvalue weighted by molar-refractivity contribution is 0.685. The fraction of sp³-hybridized carbons (Fsp3) is 0.692. The molecule has 5 heteroatoms. The van der Waals surface area contributed by atoms with Crippen molar-refractivity contribution in [1.29, 1.82) is 0 Å². The summed E-state index contributed by atoms with van der Waals surface area (Å²) in [5.74, 6) is 8.63. The van der Waals surface area contributed by atoms with Crippen LogP contribution >= 0.6 is 0 Å². The lowest BCUT2D eigenvalue weighted by Gasteiger charge is -2.17. The van der Waals surface area contributed by atoms with E-state index < -0.39 is 0 Å². The van der Waals surface area contributed by atoms with Crippen LogP contribution in [0.3, 0.4) is 0 Å². The molecule has 1 aromatic rings. The molecule has 1 aliphatic rings. The van der Waals surface area contributed by atoms with Crippen molar-refractivity contribution < 1.29 is 0 Å². The molecule has 1 aliphatic carbocycles. The van der Waals surface area contributed by atoms with Gasteiger partial charge in [-0.05, 0) is 33.1 Å². The topological polar surface area (TPSA) is 75.9 Å². The molecule has 0 saturated heterocycles. The van der Waals surface area contributed by atoms with Gasteiger partial charge in [-0.15, -0.1) is 0 Å². The van der Waals surface area contributed by atoms with Crippen LogP contribution in [0.1, 0.15) is 56.8 Å². The molecule has 0 radical (unpaired) electrons. The highest BCUT2D eigenvalue weighted by Gasteiger charge is 2.28. The van der Waals surface area contributed by atoms with Crippen molar-refractivity contribution in [2.24, 2.45) is 5.84 Å². The van der Waals surface area contributed by atoms with Crippen LogP contribution in [0.2, 0.25) is 0 Å². The normalized spacial score (nSPS) is 16.4. The molecule has 18 heavy (non-hydrogen) atoms. The van der Waals surface area contributed by atoms with E-state index in [1.165, 1.54) is 12.8 Å². The van der Waals surface area contributed by atoms with Crippen LogP contribution in [-0.2, 0) is 0 Å². The van der Waals surface area contributed by atoms with Crippen LogP contribution in [0.4, 0.5) is 11.6 Å². The van der Waals surface area contributed by atoms with E-state index in [9.17, 15) is 0 Å². The lowest BCUT2D eigenvalue weighted by atomic mass is 10.2. The van der Waals surface area contributed by atoms with E-state index >= 15 is 0 Å². The van der Waals surface area contributed by atoms with Crippen LogP contribution in [-0.4, -0.2) is 16.0 Å². The fourth-order valence-corrected chi connectivity index (χ4v) is 2.08. The summed E-state index contributed by atoms with van der Waals surface area (Å²) in [5.41, 5.74) is 3.66. The van der Waals surface area contributed by atoms with Gasteiger partial charge in [-0.25, -0.2) is 15.8 Å². The third-order valence-electron chi connectivity index (χ3n) is 3.35. The highest BCUT2D eigenvalue weighted by molar-refractivity contribution is 5.57. The molecule has 2 rings (SSSR count). The van der Waals surface area contributed by atoms with E-state index in [0.29, 0.717) is 12.0 Å². The van der Waals surface area contributed by atoms with Gasteiger partial charge < -0.3 is 10.7 Å². The third-order valence-corrected chi connectivity index (χ3v) is 3.35. The smallest absolute Gasteiger partial charge is 0.148 e.